The normalized spacial score (nSPS) is 16.3. The number of pyridine rings is 1. The molecule has 0 bridgehead atoms. The maximum absolute atomic E-state index is 13.5. The number of H-pyrrole nitrogens is 1. The van der Waals surface area contributed by atoms with Crippen LogP contribution in [-0.4, -0.2) is 55.1 Å². The molecule has 1 amide bonds. The van der Waals surface area contributed by atoms with Gasteiger partial charge in [-0.05, 0) is 49.1 Å². The van der Waals surface area contributed by atoms with Gasteiger partial charge in [-0.15, -0.1) is 0 Å². The van der Waals surface area contributed by atoms with E-state index in [2.05, 4.69) is 50.7 Å². The highest BCUT2D eigenvalue weighted by Gasteiger charge is 2.31. The number of amides is 1. The molecular weight excluding hydrogens is 424 g/mol. The predicted octanol–water partition coefficient (Wildman–Crippen LogP) is 3.91. The first-order chi connectivity index (χ1) is 16.7. The molecule has 4 aromatic rings. The van der Waals surface area contributed by atoms with Gasteiger partial charge in [0.1, 0.15) is 0 Å². The molecule has 7 nitrogen and oxygen atoms in total. The van der Waals surface area contributed by atoms with Crippen molar-refractivity contribution < 1.29 is 4.79 Å². The Morgan fingerprint density at radius 1 is 1.03 bits per heavy atom. The van der Waals surface area contributed by atoms with Crippen LogP contribution in [0.3, 0.4) is 0 Å². The summed E-state index contributed by atoms with van der Waals surface area (Å²) in [6.07, 6.45) is 6.68. The fourth-order valence-electron chi connectivity index (χ4n) is 5.48. The van der Waals surface area contributed by atoms with Gasteiger partial charge in [0.05, 0.1) is 6.54 Å². The summed E-state index contributed by atoms with van der Waals surface area (Å²) >= 11 is 0. The van der Waals surface area contributed by atoms with Crippen LogP contribution in [-0.2, 0) is 26.1 Å². The van der Waals surface area contributed by atoms with Crippen molar-refractivity contribution in [1.29, 1.82) is 0 Å². The van der Waals surface area contributed by atoms with Crippen molar-refractivity contribution in [1.82, 2.24) is 29.5 Å². The number of hydrogen-bond donors (Lipinski definition) is 1. The van der Waals surface area contributed by atoms with Crippen LogP contribution in [0.1, 0.15) is 51.4 Å². The molecule has 1 N–H and O–H groups in total. The van der Waals surface area contributed by atoms with Gasteiger partial charge < -0.3 is 9.88 Å². The number of likely N-dealkylation sites (tertiary alicyclic amines) is 1. The number of hydrogen-bond acceptors (Lipinski definition) is 4. The van der Waals surface area contributed by atoms with Gasteiger partial charge in [0.25, 0.3) is 5.91 Å². The lowest BCUT2D eigenvalue weighted by atomic mass is 10.0. The molecule has 5 heterocycles. The third-order valence-corrected chi connectivity index (χ3v) is 7.30. The number of benzene rings is 1. The van der Waals surface area contributed by atoms with Crippen LogP contribution in [0.4, 0.5) is 0 Å². The summed E-state index contributed by atoms with van der Waals surface area (Å²) in [5, 5.41) is 6.19. The second kappa shape index (κ2) is 8.72. The van der Waals surface area contributed by atoms with Gasteiger partial charge in [0.15, 0.2) is 5.69 Å². The van der Waals surface area contributed by atoms with E-state index in [9.17, 15) is 4.79 Å². The van der Waals surface area contributed by atoms with Crippen LogP contribution in [0.2, 0.25) is 0 Å². The lowest BCUT2D eigenvalue weighted by molar-refractivity contribution is 0.0783. The topological polar surface area (TPSA) is 70.1 Å². The zero-order valence-electron chi connectivity index (χ0n) is 19.6. The summed E-state index contributed by atoms with van der Waals surface area (Å²) in [4.78, 5) is 25.6. The molecular formula is C27H30N6O. The van der Waals surface area contributed by atoms with Gasteiger partial charge in [0.2, 0.25) is 0 Å². The van der Waals surface area contributed by atoms with Crippen molar-refractivity contribution in [3.05, 3.63) is 82.6 Å². The number of carbonyl (C=O) groups is 1. The largest absolute Gasteiger partial charge is 0.358 e. The first-order valence-electron chi connectivity index (χ1n) is 12.2. The Morgan fingerprint density at radius 3 is 2.65 bits per heavy atom. The summed E-state index contributed by atoms with van der Waals surface area (Å²) in [6, 6.07) is 12.5. The van der Waals surface area contributed by atoms with Crippen molar-refractivity contribution in [2.75, 3.05) is 19.6 Å². The van der Waals surface area contributed by atoms with Gasteiger partial charge in [-0.3, -0.25) is 19.4 Å². The minimum atomic E-state index is 0.0901. The highest BCUT2D eigenvalue weighted by atomic mass is 16.2. The molecule has 6 rings (SSSR count). The Bertz CT molecular complexity index is 1330. The van der Waals surface area contributed by atoms with E-state index in [-0.39, 0.29) is 5.91 Å². The number of carbonyl (C=O) groups excluding carboxylic acids is 1. The molecule has 2 aliphatic heterocycles. The SMILES string of the molecule is Cc1[nH]c2ccccc2c1CN1CCc2c(c(C(=O)N3CCCC3)nn2Cc2ccncc2)C1. The maximum Gasteiger partial charge on any atom is 0.274 e. The van der Waals surface area contributed by atoms with Crippen LogP contribution >= 0.6 is 0 Å². The van der Waals surface area contributed by atoms with E-state index < -0.39 is 0 Å². The average molecular weight is 455 g/mol. The first-order valence-corrected chi connectivity index (χ1v) is 12.2. The van der Waals surface area contributed by atoms with Crippen molar-refractivity contribution in [2.45, 2.75) is 45.8 Å². The van der Waals surface area contributed by atoms with Crippen molar-refractivity contribution in [3.8, 4) is 0 Å². The van der Waals surface area contributed by atoms with Crippen LogP contribution in [0.25, 0.3) is 10.9 Å². The third-order valence-electron chi connectivity index (χ3n) is 7.30. The van der Waals surface area contributed by atoms with Crippen molar-refractivity contribution in [3.63, 3.8) is 0 Å². The number of aromatic amines is 1. The van der Waals surface area contributed by atoms with Crippen molar-refractivity contribution >= 4 is 16.8 Å². The molecule has 0 unspecified atom stereocenters. The highest BCUT2D eigenvalue weighted by Crippen LogP contribution is 2.29. The van der Waals surface area contributed by atoms with Crippen molar-refractivity contribution in [2.24, 2.45) is 0 Å². The van der Waals surface area contributed by atoms with Gasteiger partial charge in [-0.25, -0.2) is 0 Å². The molecule has 174 valence electrons. The lowest BCUT2D eigenvalue weighted by Gasteiger charge is -2.28. The van der Waals surface area contributed by atoms with Gasteiger partial charge in [0, 0.05) is 79.4 Å². The first kappa shape index (κ1) is 21.1. The van der Waals surface area contributed by atoms with E-state index in [1.54, 1.807) is 0 Å². The van der Waals surface area contributed by atoms with Gasteiger partial charge >= 0.3 is 0 Å². The molecule has 0 spiro atoms. The summed E-state index contributed by atoms with van der Waals surface area (Å²) in [7, 11) is 0. The molecule has 0 atom stereocenters. The minimum Gasteiger partial charge on any atom is -0.358 e. The minimum absolute atomic E-state index is 0.0901. The van der Waals surface area contributed by atoms with E-state index in [1.165, 1.54) is 27.9 Å². The number of aryl methyl sites for hydroxylation is 1. The Kier molecular flexibility index (Phi) is 5.41. The smallest absolute Gasteiger partial charge is 0.274 e. The molecule has 1 fully saturated rings. The average Bonchev–Trinajstić information content (AvgIpc) is 3.59. The molecule has 1 aromatic carbocycles. The standard InChI is InChI=1S/C27H30N6O/c1-19-22(21-6-2-3-7-24(21)29-19)17-31-15-10-25-23(18-31)26(27(34)32-13-4-5-14-32)30-33(25)16-20-8-11-28-12-9-20/h2-3,6-9,11-12,29H,4-5,10,13-18H2,1H3. The predicted molar refractivity (Wildman–Crippen MR) is 132 cm³/mol. The fraction of sp³-hybridized carbons (Fsp3) is 0.370. The zero-order chi connectivity index (χ0) is 23.1. The van der Waals surface area contributed by atoms with Crippen LogP contribution < -0.4 is 0 Å². The number of fused-ring (bicyclic) bond motifs is 2. The molecule has 2 aliphatic rings. The number of rotatable bonds is 5. The van der Waals surface area contributed by atoms with Gasteiger partial charge in [-0.2, -0.15) is 5.10 Å². The molecule has 7 heteroatoms. The van der Waals surface area contributed by atoms with E-state index in [1.807, 2.05) is 29.4 Å². The van der Waals surface area contributed by atoms with E-state index >= 15 is 0 Å². The second-order valence-electron chi connectivity index (χ2n) is 9.52. The Labute approximate surface area is 199 Å². The van der Waals surface area contributed by atoms with E-state index in [0.717, 1.165) is 63.1 Å². The molecule has 3 aromatic heterocycles. The fourth-order valence-corrected chi connectivity index (χ4v) is 5.48. The highest BCUT2D eigenvalue weighted by molar-refractivity contribution is 5.94. The second-order valence-corrected chi connectivity index (χ2v) is 9.52. The Hall–Kier alpha value is -3.45. The van der Waals surface area contributed by atoms with E-state index in [4.69, 9.17) is 5.10 Å². The molecule has 0 radical (unpaired) electrons. The molecule has 34 heavy (non-hydrogen) atoms. The maximum atomic E-state index is 13.5. The number of nitrogens with one attached hydrogen (secondary N) is 1. The monoisotopic (exact) mass is 454 g/mol. The Balaban J connectivity index is 1.32. The summed E-state index contributed by atoms with van der Waals surface area (Å²) < 4.78 is 2.06. The number of nitrogens with zero attached hydrogens (tertiary/aromatic N) is 5. The number of para-hydroxylation sites is 1. The third kappa shape index (κ3) is 3.80. The molecule has 0 aliphatic carbocycles. The zero-order valence-corrected chi connectivity index (χ0v) is 19.6. The lowest BCUT2D eigenvalue weighted by Crippen LogP contribution is -2.33. The molecule has 0 saturated carbocycles. The summed E-state index contributed by atoms with van der Waals surface area (Å²) in [5.74, 6) is 0.0901. The van der Waals surface area contributed by atoms with E-state index in [0.29, 0.717) is 12.2 Å². The molecule has 1 saturated heterocycles. The Morgan fingerprint density at radius 2 is 1.82 bits per heavy atom. The van der Waals surface area contributed by atoms with Gasteiger partial charge in [-0.1, -0.05) is 18.2 Å². The summed E-state index contributed by atoms with van der Waals surface area (Å²) in [5.41, 5.74) is 7.84. The number of aromatic nitrogens is 4. The van der Waals surface area contributed by atoms with Crippen LogP contribution in [0.15, 0.2) is 48.8 Å². The van der Waals surface area contributed by atoms with Crippen LogP contribution in [0, 0.1) is 6.92 Å². The summed E-state index contributed by atoms with van der Waals surface area (Å²) in [6.45, 7) is 7.05. The quantitative estimate of drug-likeness (QED) is 0.496. The van der Waals surface area contributed by atoms with Crippen LogP contribution in [0.5, 0.6) is 0 Å².